The van der Waals surface area contributed by atoms with Gasteiger partial charge in [0, 0.05) is 24.1 Å². The highest BCUT2D eigenvalue weighted by molar-refractivity contribution is 14.0. The number of nitrogens with zero attached hydrogens (tertiary/aromatic N) is 2. The molecule has 2 atom stereocenters. The standard InChI is InChI=1S/C16H28N4O2S.HI/c1-5-17-16(18-8-15-20-12(3)13(4)23-15)19-11(2)9-22-14-6-7-21-10-14;/h11,14H,5-10H2,1-4H3,(H2,17,18,19);1H. The Labute approximate surface area is 165 Å². The first-order valence-electron chi connectivity index (χ1n) is 8.25. The molecular weight excluding hydrogens is 439 g/mol. The van der Waals surface area contributed by atoms with Crippen molar-refractivity contribution in [1.82, 2.24) is 15.6 Å². The van der Waals surface area contributed by atoms with Crippen LogP contribution in [0.25, 0.3) is 0 Å². The molecule has 1 aliphatic heterocycles. The molecule has 2 unspecified atom stereocenters. The number of aromatic nitrogens is 1. The van der Waals surface area contributed by atoms with Crippen LogP contribution in [0.3, 0.4) is 0 Å². The van der Waals surface area contributed by atoms with E-state index >= 15 is 0 Å². The second kappa shape index (κ2) is 11.2. The lowest BCUT2D eigenvalue weighted by Gasteiger charge is -2.19. The van der Waals surface area contributed by atoms with Crippen molar-refractivity contribution in [3.63, 3.8) is 0 Å². The molecular formula is C16H29IN4O2S. The molecule has 0 bridgehead atoms. The van der Waals surface area contributed by atoms with E-state index in [1.165, 1.54) is 4.88 Å². The zero-order valence-electron chi connectivity index (χ0n) is 14.9. The van der Waals surface area contributed by atoms with Crippen LogP contribution in [0.4, 0.5) is 0 Å². The molecule has 0 radical (unpaired) electrons. The van der Waals surface area contributed by atoms with Crippen molar-refractivity contribution < 1.29 is 9.47 Å². The van der Waals surface area contributed by atoms with E-state index in [1.54, 1.807) is 11.3 Å². The van der Waals surface area contributed by atoms with Crippen molar-refractivity contribution in [1.29, 1.82) is 0 Å². The molecule has 1 aromatic rings. The minimum atomic E-state index is 0. The Kier molecular flexibility index (Phi) is 10.1. The van der Waals surface area contributed by atoms with Gasteiger partial charge >= 0.3 is 0 Å². The van der Waals surface area contributed by atoms with Gasteiger partial charge in [-0.25, -0.2) is 9.98 Å². The Morgan fingerprint density at radius 3 is 2.88 bits per heavy atom. The molecule has 1 saturated heterocycles. The van der Waals surface area contributed by atoms with Crippen molar-refractivity contribution in [2.45, 2.75) is 52.8 Å². The molecule has 2 heterocycles. The molecule has 0 aliphatic carbocycles. The fourth-order valence-electron chi connectivity index (χ4n) is 2.27. The van der Waals surface area contributed by atoms with E-state index in [1.807, 2.05) is 6.92 Å². The minimum absolute atomic E-state index is 0. The third-order valence-corrected chi connectivity index (χ3v) is 4.70. The van der Waals surface area contributed by atoms with Gasteiger partial charge in [-0.3, -0.25) is 0 Å². The SMILES string of the molecule is CCNC(=NCc1nc(C)c(C)s1)NC(C)COC1CCOC1.I. The summed E-state index contributed by atoms with van der Waals surface area (Å²) >= 11 is 1.71. The van der Waals surface area contributed by atoms with Gasteiger partial charge in [-0.15, -0.1) is 35.3 Å². The smallest absolute Gasteiger partial charge is 0.191 e. The van der Waals surface area contributed by atoms with Crippen LogP contribution in [0.5, 0.6) is 0 Å². The van der Waals surface area contributed by atoms with E-state index in [9.17, 15) is 0 Å². The highest BCUT2D eigenvalue weighted by atomic mass is 127. The van der Waals surface area contributed by atoms with Gasteiger partial charge in [-0.1, -0.05) is 0 Å². The lowest BCUT2D eigenvalue weighted by Crippen LogP contribution is -2.44. The van der Waals surface area contributed by atoms with Gasteiger partial charge in [0.25, 0.3) is 0 Å². The number of aryl methyl sites for hydroxylation is 2. The average Bonchev–Trinajstić information content (AvgIpc) is 3.13. The average molecular weight is 468 g/mol. The molecule has 2 rings (SSSR count). The highest BCUT2D eigenvalue weighted by Gasteiger charge is 2.17. The maximum atomic E-state index is 5.85. The number of ether oxygens (including phenoxy) is 2. The first-order valence-corrected chi connectivity index (χ1v) is 9.07. The van der Waals surface area contributed by atoms with Gasteiger partial charge in [0.2, 0.25) is 0 Å². The minimum Gasteiger partial charge on any atom is -0.379 e. The topological polar surface area (TPSA) is 67.8 Å². The van der Waals surface area contributed by atoms with Gasteiger partial charge in [0.1, 0.15) is 5.01 Å². The summed E-state index contributed by atoms with van der Waals surface area (Å²) in [6.07, 6.45) is 1.23. The maximum absolute atomic E-state index is 5.85. The second-order valence-corrected chi connectivity index (χ2v) is 7.10. The molecule has 1 aliphatic rings. The Morgan fingerprint density at radius 1 is 1.50 bits per heavy atom. The Morgan fingerprint density at radius 2 is 2.29 bits per heavy atom. The third kappa shape index (κ3) is 7.20. The molecule has 1 aromatic heterocycles. The number of aliphatic imine (C=N–C) groups is 1. The number of rotatable bonds is 7. The molecule has 8 heteroatoms. The summed E-state index contributed by atoms with van der Waals surface area (Å²) < 4.78 is 11.2. The number of nitrogens with one attached hydrogen (secondary N) is 2. The zero-order valence-corrected chi connectivity index (χ0v) is 18.1. The van der Waals surface area contributed by atoms with E-state index < -0.39 is 0 Å². The summed E-state index contributed by atoms with van der Waals surface area (Å²) in [5.74, 6) is 0.803. The van der Waals surface area contributed by atoms with Crippen LogP contribution in [-0.4, -0.2) is 49.5 Å². The van der Waals surface area contributed by atoms with Crippen LogP contribution in [0.2, 0.25) is 0 Å². The Bertz CT molecular complexity index is 499. The molecule has 0 amide bonds. The van der Waals surface area contributed by atoms with E-state index in [4.69, 9.17) is 9.47 Å². The van der Waals surface area contributed by atoms with Crippen molar-refractivity contribution in [2.75, 3.05) is 26.4 Å². The molecule has 138 valence electrons. The van der Waals surface area contributed by atoms with Crippen LogP contribution < -0.4 is 10.6 Å². The van der Waals surface area contributed by atoms with Gasteiger partial charge in [-0.05, 0) is 34.1 Å². The monoisotopic (exact) mass is 468 g/mol. The number of guanidine groups is 1. The number of halogens is 1. The fourth-order valence-corrected chi connectivity index (χ4v) is 3.13. The summed E-state index contributed by atoms with van der Waals surface area (Å²) in [5.41, 5.74) is 1.10. The molecule has 0 saturated carbocycles. The van der Waals surface area contributed by atoms with Crippen molar-refractivity contribution >= 4 is 41.3 Å². The van der Waals surface area contributed by atoms with E-state index in [0.29, 0.717) is 19.8 Å². The van der Waals surface area contributed by atoms with Gasteiger partial charge in [0.15, 0.2) is 5.96 Å². The number of hydrogen-bond acceptors (Lipinski definition) is 5. The van der Waals surface area contributed by atoms with Crippen LogP contribution in [-0.2, 0) is 16.0 Å². The van der Waals surface area contributed by atoms with Gasteiger partial charge in [0.05, 0.1) is 31.6 Å². The van der Waals surface area contributed by atoms with Crippen LogP contribution in [0.15, 0.2) is 4.99 Å². The molecule has 0 aromatic carbocycles. The predicted molar refractivity (Wildman–Crippen MR) is 110 cm³/mol. The predicted octanol–water partition coefficient (Wildman–Crippen LogP) is 2.63. The van der Waals surface area contributed by atoms with E-state index in [-0.39, 0.29) is 36.1 Å². The Balaban J connectivity index is 0.00000288. The largest absolute Gasteiger partial charge is 0.379 e. The summed E-state index contributed by atoms with van der Waals surface area (Å²) in [7, 11) is 0. The molecule has 6 nitrogen and oxygen atoms in total. The Hall–Kier alpha value is -0.450. The number of hydrogen-bond donors (Lipinski definition) is 2. The van der Waals surface area contributed by atoms with E-state index in [0.717, 1.165) is 36.2 Å². The summed E-state index contributed by atoms with van der Waals surface area (Å²) in [6.45, 7) is 11.9. The highest BCUT2D eigenvalue weighted by Crippen LogP contribution is 2.16. The third-order valence-electron chi connectivity index (χ3n) is 3.64. The molecule has 24 heavy (non-hydrogen) atoms. The first kappa shape index (κ1) is 21.6. The van der Waals surface area contributed by atoms with Gasteiger partial charge < -0.3 is 20.1 Å². The summed E-state index contributed by atoms with van der Waals surface area (Å²) in [4.78, 5) is 10.4. The van der Waals surface area contributed by atoms with E-state index in [2.05, 4.69) is 41.4 Å². The van der Waals surface area contributed by atoms with Crippen LogP contribution in [0.1, 0.15) is 35.8 Å². The number of thiazole rings is 1. The fraction of sp³-hybridized carbons (Fsp3) is 0.750. The molecule has 0 spiro atoms. The molecule has 1 fully saturated rings. The van der Waals surface area contributed by atoms with Gasteiger partial charge in [-0.2, -0.15) is 0 Å². The van der Waals surface area contributed by atoms with Crippen LogP contribution in [0, 0.1) is 13.8 Å². The van der Waals surface area contributed by atoms with Crippen LogP contribution >= 0.6 is 35.3 Å². The summed E-state index contributed by atoms with van der Waals surface area (Å²) in [6, 6.07) is 0.188. The lowest BCUT2D eigenvalue weighted by atomic mass is 10.3. The lowest BCUT2D eigenvalue weighted by molar-refractivity contribution is 0.0347. The molecule has 2 N–H and O–H groups in total. The van der Waals surface area contributed by atoms with Crippen molar-refractivity contribution in [3.8, 4) is 0 Å². The second-order valence-electron chi connectivity index (χ2n) is 5.81. The first-order chi connectivity index (χ1) is 11.1. The van der Waals surface area contributed by atoms with Crippen molar-refractivity contribution in [3.05, 3.63) is 15.6 Å². The normalized spacial score (nSPS) is 19.0. The van der Waals surface area contributed by atoms with Crippen molar-refractivity contribution in [2.24, 2.45) is 4.99 Å². The zero-order chi connectivity index (χ0) is 16.7. The maximum Gasteiger partial charge on any atom is 0.191 e. The summed E-state index contributed by atoms with van der Waals surface area (Å²) in [5, 5.41) is 7.70. The quantitative estimate of drug-likeness (QED) is 0.366.